The summed E-state index contributed by atoms with van der Waals surface area (Å²) < 4.78 is 0. The molecule has 1 N–H and O–H groups in total. The van der Waals surface area contributed by atoms with Crippen molar-refractivity contribution in [3.63, 3.8) is 0 Å². The van der Waals surface area contributed by atoms with Crippen LogP contribution in [-0.2, 0) is 0 Å². The zero-order valence-electron chi connectivity index (χ0n) is 9.28. The fourth-order valence-electron chi connectivity index (χ4n) is 1.59. The molecule has 1 heteroatoms. The summed E-state index contributed by atoms with van der Waals surface area (Å²) in [7, 11) is 0. The van der Waals surface area contributed by atoms with Crippen molar-refractivity contribution < 1.29 is 0 Å². The molecule has 0 radical (unpaired) electrons. The summed E-state index contributed by atoms with van der Waals surface area (Å²) in [5, 5.41) is 3.38. The molecule has 0 aliphatic carbocycles. The zero-order valence-corrected chi connectivity index (χ0v) is 9.28. The van der Waals surface area contributed by atoms with Gasteiger partial charge in [0.05, 0.1) is 0 Å². The van der Waals surface area contributed by atoms with Crippen molar-refractivity contribution in [2.75, 3.05) is 11.9 Å². The lowest BCUT2D eigenvalue weighted by atomic mass is 9.98. The van der Waals surface area contributed by atoms with Crippen LogP contribution in [0, 0.1) is 27.7 Å². The third kappa shape index (κ3) is 1.85. The topological polar surface area (TPSA) is 12.0 Å². The van der Waals surface area contributed by atoms with E-state index >= 15 is 0 Å². The minimum Gasteiger partial charge on any atom is -0.385 e. The molecular weight excluding hydrogens is 158 g/mol. The lowest BCUT2D eigenvalue weighted by Crippen LogP contribution is -2.02. The second-order valence-corrected chi connectivity index (χ2v) is 3.65. The third-order valence-corrected chi connectivity index (χ3v) is 2.85. The van der Waals surface area contributed by atoms with Gasteiger partial charge in [-0.1, -0.05) is 0 Å². The number of rotatable bonds is 2. The number of hydrogen-bond acceptors (Lipinski definition) is 1. The Balaban J connectivity index is 3.24. The molecule has 1 aromatic rings. The molecule has 0 fully saturated rings. The van der Waals surface area contributed by atoms with Crippen molar-refractivity contribution in [2.24, 2.45) is 0 Å². The molecule has 0 aliphatic rings. The van der Waals surface area contributed by atoms with Gasteiger partial charge in [0.15, 0.2) is 0 Å². The summed E-state index contributed by atoms with van der Waals surface area (Å²) in [6.07, 6.45) is 0. The first kappa shape index (κ1) is 10.1. The second-order valence-electron chi connectivity index (χ2n) is 3.65. The number of benzene rings is 1. The van der Waals surface area contributed by atoms with E-state index in [2.05, 4.69) is 46.0 Å². The van der Waals surface area contributed by atoms with E-state index in [4.69, 9.17) is 0 Å². The molecule has 1 aromatic carbocycles. The van der Waals surface area contributed by atoms with Gasteiger partial charge in [-0.15, -0.1) is 0 Å². The highest BCUT2D eigenvalue weighted by Gasteiger charge is 2.05. The minimum absolute atomic E-state index is 0.989. The van der Waals surface area contributed by atoms with Gasteiger partial charge in [0.2, 0.25) is 0 Å². The molecule has 0 aliphatic heterocycles. The Morgan fingerprint density at radius 3 is 2.15 bits per heavy atom. The molecule has 1 rings (SSSR count). The Hall–Kier alpha value is -0.980. The van der Waals surface area contributed by atoms with Crippen LogP contribution in [0.15, 0.2) is 6.07 Å². The van der Waals surface area contributed by atoms with Crippen LogP contribution in [0.1, 0.15) is 29.2 Å². The van der Waals surface area contributed by atoms with E-state index < -0.39 is 0 Å². The van der Waals surface area contributed by atoms with Crippen molar-refractivity contribution in [3.05, 3.63) is 28.3 Å². The molecule has 0 saturated carbocycles. The molecule has 0 saturated heterocycles. The fourth-order valence-corrected chi connectivity index (χ4v) is 1.59. The van der Waals surface area contributed by atoms with Gasteiger partial charge in [-0.05, 0) is 62.9 Å². The van der Waals surface area contributed by atoms with E-state index in [9.17, 15) is 0 Å². The number of anilines is 1. The van der Waals surface area contributed by atoms with Crippen LogP contribution in [-0.4, -0.2) is 6.54 Å². The maximum absolute atomic E-state index is 3.38. The third-order valence-electron chi connectivity index (χ3n) is 2.85. The minimum atomic E-state index is 0.989. The van der Waals surface area contributed by atoms with Crippen LogP contribution >= 0.6 is 0 Å². The molecule has 72 valence electrons. The average molecular weight is 177 g/mol. The quantitative estimate of drug-likeness (QED) is 0.730. The highest BCUT2D eigenvalue weighted by molar-refractivity contribution is 5.58. The molecule has 0 spiro atoms. The van der Waals surface area contributed by atoms with Crippen molar-refractivity contribution in [2.45, 2.75) is 34.6 Å². The lowest BCUT2D eigenvalue weighted by molar-refractivity contribution is 1.16. The first-order valence-corrected chi connectivity index (χ1v) is 4.89. The summed E-state index contributed by atoms with van der Waals surface area (Å²) in [6, 6.07) is 2.24. The highest BCUT2D eigenvalue weighted by atomic mass is 14.9. The molecular formula is C12H19N. The zero-order chi connectivity index (χ0) is 10.0. The molecule has 0 heterocycles. The average Bonchev–Trinajstić information content (AvgIpc) is 2.11. The van der Waals surface area contributed by atoms with Crippen LogP contribution in [0.2, 0.25) is 0 Å². The van der Waals surface area contributed by atoms with Crippen molar-refractivity contribution >= 4 is 5.69 Å². The van der Waals surface area contributed by atoms with E-state index in [1.54, 1.807) is 0 Å². The highest BCUT2D eigenvalue weighted by Crippen LogP contribution is 2.24. The van der Waals surface area contributed by atoms with Gasteiger partial charge in [0.1, 0.15) is 0 Å². The number of hydrogen-bond donors (Lipinski definition) is 1. The molecule has 0 amide bonds. The largest absolute Gasteiger partial charge is 0.385 e. The van der Waals surface area contributed by atoms with Crippen LogP contribution in [0.25, 0.3) is 0 Å². The van der Waals surface area contributed by atoms with Crippen molar-refractivity contribution in [3.8, 4) is 0 Å². The van der Waals surface area contributed by atoms with Gasteiger partial charge in [-0.3, -0.25) is 0 Å². The number of aryl methyl sites for hydroxylation is 1. The van der Waals surface area contributed by atoms with Gasteiger partial charge < -0.3 is 5.32 Å². The Bertz CT molecular complexity index is 313. The Labute approximate surface area is 81.2 Å². The molecule has 0 bridgehead atoms. The summed E-state index contributed by atoms with van der Waals surface area (Å²) in [5.74, 6) is 0. The van der Waals surface area contributed by atoms with Gasteiger partial charge in [0.25, 0.3) is 0 Å². The Kier molecular flexibility index (Phi) is 2.97. The number of nitrogens with one attached hydrogen (secondary N) is 1. The molecule has 0 aromatic heterocycles. The van der Waals surface area contributed by atoms with Gasteiger partial charge >= 0.3 is 0 Å². The SMILES string of the molecule is CCNc1cc(C)c(C)c(C)c1C. The molecule has 1 nitrogen and oxygen atoms in total. The predicted octanol–water partition coefficient (Wildman–Crippen LogP) is 3.35. The van der Waals surface area contributed by atoms with Crippen LogP contribution < -0.4 is 5.32 Å². The van der Waals surface area contributed by atoms with E-state index in [1.165, 1.54) is 27.9 Å². The van der Waals surface area contributed by atoms with Crippen molar-refractivity contribution in [1.82, 2.24) is 0 Å². The molecule has 0 atom stereocenters. The Morgan fingerprint density at radius 2 is 1.62 bits per heavy atom. The van der Waals surface area contributed by atoms with E-state index in [1.807, 2.05) is 0 Å². The predicted molar refractivity (Wildman–Crippen MR) is 59.6 cm³/mol. The lowest BCUT2D eigenvalue weighted by Gasteiger charge is -2.14. The first-order valence-electron chi connectivity index (χ1n) is 4.89. The van der Waals surface area contributed by atoms with E-state index in [0.717, 1.165) is 6.54 Å². The van der Waals surface area contributed by atoms with Crippen LogP contribution in [0.5, 0.6) is 0 Å². The van der Waals surface area contributed by atoms with Gasteiger partial charge in [-0.2, -0.15) is 0 Å². The van der Waals surface area contributed by atoms with E-state index in [0.29, 0.717) is 0 Å². The van der Waals surface area contributed by atoms with Crippen LogP contribution in [0.3, 0.4) is 0 Å². The normalized spacial score (nSPS) is 10.2. The van der Waals surface area contributed by atoms with Gasteiger partial charge in [0, 0.05) is 12.2 Å². The summed E-state index contributed by atoms with van der Waals surface area (Å²) in [5.41, 5.74) is 6.86. The van der Waals surface area contributed by atoms with E-state index in [-0.39, 0.29) is 0 Å². The standard InChI is InChI=1S/C12H19N/c1-6-13-12-7-8(2)9(3)10(4)11(12)5/h7,13H,6H2,1-5H3. The summed E-state index contributed by atoms with van der Waals surface area (Å²) in [6.45, 7) is 11.8. The molecule has 13 heavy (non-hydrogen) atoms. The summed E-state index contributed by atoms with van der Waals surface area (Å²) >= 11 is 0. The summed E-state index contributed by atoms with van der Waals surface area (Å²) in [4.78, 5) is 0. The fraction of sp³-hybridized carbons (Fsp3) is 0.500. The maximum atomic E-state index is 3.38. The molecule has 0 unspecified atom stereocenters. The maximum Gasteiger partial charge on any atom is 0.0375 e. The van der Waals surface area contributed by atoms with Crippen LogP contribution in [0.4, 0.5) is 5.69 Å². The monoisotopic (exact) mass is 177 g/mol. The van der Waals surface area contributed by atoms with Crippen molar-refractivity contribution in [1.29, 1.82) is 0 Å². The second kappa shape index (κ2) is 3.82. The first-order chi connectivity index (χ1) is 6.07. The smallest absolute Gasteiger partial charge is 0.0375 e. The Morgan fingerprint density at radius 1 is 1.00 bits per heavy atom. The van der Waals surface area contributed by atoms with Gasteiger partial charge in [-0.25, -0.2) is 0 Å².